The lowest BCUT2D eigenvalue weighted by atomic mass is 10.2. The Balaban J connectivity index is 2.06. The Morgan fingerprint density at radius 3 is 2.89 bits per heavy atom. The summed E-state index contributed by atoms with van der Waals surface area (Å²) >= 11 is 0. The minimum absolute atomic E-state index is 0.262. The molecule has 1 aromatic carbocycles. The molecule has 0 radical (unpaired) electrons. The molecule has 1 fully saturated rings. The van der Waals surface area contributed by atoms with Gasteiger partial charge in [0.2, 0.25) is 5.91 Å². The van der Waals surface area contributed by atoms with Gasteiger partial charge in [-0.1, -0.05) is 12.1 Å². The zero-order chi connectivity index (χ0) is 13.1. The van der Waals surface area contributed by atoms with E-state index in [0.717, 1.165) is 17.7 Å². The molecule has 3 N–H and O–H groups in total. The number of rotatable bonds is 2. The second-order valence-corrected chi connectivity index (χ2v) is 4.55. The lowest BCUT2D eigenvalue weighted by molar-refractivity contribution is -0.121. The fraction of sp³-hybridized carbons (Fsp3) is 0.385. The maximum Gasteiger partial charge on any atom is 0.322 e. The summed E-state index contributed by atoms with van der Waals surface area (Å²) in [6, 6.07) is 6.79. The number of hydrogen-bond acceptors (Lipinski definition) is 2. The van der Waals surface area contributed by atoms with Crippen molar-refractivity contribution in [1.29, 1.82) is 0 Å². The second kappa shape index (κ2) is 5.08. The third-order valence-corrected chi connectivity index (χ3v) is 3.11. The van der Waals surface area contributed by atoms with Crippen LogP contribution < -0.4 is 11.1 Å². The van der Waals surface area contributed by atoms with E-state index >= 15 is 0 Å². The van der Waals surface area contributed by atoms with E-state index in [4.69, 9.17) is 5.73 Å². The van der Waals surface area contributed by atoms with Crippen molar-refractivity contribution in [2.24, 2.45) is 5.73 Å². The molecule has 1 aliphatic heterocycles. The van der Waals surface area contributed by atoms with Crippen LogP contribution in [0.4, 0.5) is 10.5 Å². The van der Waals surface area contributed by atoms with Crippen molar-refractivity contribution < 1.29 is 9.59 Å². The minimum atomic E-state index is -0.477. The van der Waals surface area contributed by atoms with Crippen molar-refractivity contribution in [2.45, 2.75) is 25.8 Å². The van der Waals surface area contributed by atoms with Crippen LogP contribution in [0.2, 0.25) is 0 Å². The van der Waals surface area contributed by atoms with Gasteiger partial charge in [0.05, 0.1) is 0 Å². The Morgan fingerprint density at radius 2 is 2.22 bits per heavy atom. The largest absolute Gasteiger partial charge is 0.368 e. The molecule has 1 aliphatic rings. The summed E-state index contributed by atoms with van der Waals surface area (Å²) in [6.45, 7) is 2.53. The third-order valence-electron chi connectivity index (χ3n) is 3.11. The Morgan fingerprint density at radius 1 is 1.44 bits per heavy atom. The van der Waals surface area contributed by atoms with Crippen LogP contribution in [-0.2, 0) is 4.79 Å². The van der Waals surface area contributed by atoms with Gasteiger partial charge >= 0.3 is 6.03 Å². The van der Waals surface area contributed by atoms with Crippen LogP contribution in [0, 0.1) is 6.92 Å². The summed E-state index contributed by atoms with van der Waals surface area (Å²) in [5.74, 6) is -0.438. The molecule has 2 rings (SSSR count). The second-order valence-electron chi connectivity index (χ2n) is 4.55. The zero-order valence-corrected chi connectivity index (χ0v) is 10.3. The Labute approximate surface area is 106 Å². The first-order valence-corrected chi connectivity index (χ1v) is 6.01. The fourth-order valence-corrected chi connectivity index (χ4v) is 2.22. The predicted octanol–water partition coefficient (Wildman–Crippen LogP) is 1.48. The summed E-state index contributed by atoms with van der Waals surface area (Å²) in [6.07, 6.45) is 1.46. The summed E-state index contributed by atoms with van der Waals surface area (Å²) in [4.78, 5) is 24.8. The summed E-state index contributed by atoms with van der Waals surface area (Å²) in [5.41, 5.74) is 7.08. The van der Waals surface area contributed by atoms with Crippen molar-refractivity contribution >= 4 is 17.6 Å². The van der Waals surface area contributed by atoms with E-state index < -0.39 is 11.9 Å². The molecular weight excluding hydrogens is 230 g/mol. The first-order valence-electron chi connectivity index (χ1n) is 6.01. The third kappa shape index (κ3) is 2.61. The summed E-state index contributed by atoms with van der Waals surface area (Å²) in [5, 5.41) is 2.79. The first-order chi connectivity index (χ1) is 8.58. The van der Waals surface area contributed by atoms with E-state index in [1.165, 1.54) is 4.90 Å². The fourth-order valence-electron chi connectivity index (χ4n) is 2.22. The Bertz CT molecular complexity index is 473. The number of amides is 3. The van der Waals surface area contributed by atoms with Gasteiger partial charge in [-0.25, -0.2) is 4.79 Å². The minimum Gasteiger partial charge on any atom is -0.368 e. The number of nitrogens with two attached hydrogens (primary N) is 1. The van der Waals surface area contributed by atoms with Gasteiger partial charge in [0.1, 0.15) is 6.04 Å². The molecule has 1 heterocycles. The lowest BCUT2D eigenvalue weighted by Crippen LogP contribution is -2.45. The maximum atomic E-state index is 12.0. The maximum absolute atomic E-state index is 12.0. The molecule has 1 aromatic rings. The van der Waals surface area contributed by atoms with E-state index in [-0.39, 0.29) is 6.03 Å². The van der Waals surface area contributed by atoms with Gasteiger partial charge in [0.25, 0.3) is 0 Å². The van der Waals surface area contributed by atoms with Crippen molar-refractivity contribution in [3.8, 4) is 0 Å². The molecule has 1 saturated heterocycles. The molecular formula is C13H17N3O2. The molecule has 5 heteroatoms. The van der Waals surface area contributed by atoms with Crippen LogP contribution in [0.15, 0.2) is 24.3 Å². The number of urea groups is 1. The van der Waals surface area contributed by atoms with Gasteiger partial charge in [-0.05, 0) is 37.5 Å². The van der Waals surface area contributed by atoms with Gasteiger partial charge < -0.3 is 16.0 Å². The highest BCUT2D eigenvalue weighted by molar-refractivity contribution is 5.93. The molecule has 1 unspecified atom stereocenters. The first kappa shape index (κ1) is 12.4. The standard InChI is InChI=1S/C13H17N3O2/c1-9-4-2-5-10(8-9)15-13(18)16-7-3-6-11(16)12(14)17/h2,4-5,8,11H,3,6-7H2,1H3,(H2,14,17)(H,15,18). The van der Waals surface area contributed by atoms with Crippen LogP contribution in [0.5, 0.6) is 0 Å². The molecule has 0 saturated carbocycles. The number of anilines is 1. The highest BCUT2D eigenvalue weighted by Gasteiger charge is 2.32. The monoisotopic (exact) mass is 247 g/mol. The topological polar surface area (TPSA) is 75.4 Å². The summed E-state index contributed by atoms with van der Waals surface area (Å²) < 4.78 is 0. The van der Waals surface area contributed by atoms with Gasteiger partial charge in [0, 0.05) is 12.2 Å². The number of carbonyl (C=O) groups excluding carboxylic acids is 2. The van der Waals surface area contributed by atoms with Crippen LogP contribution in [0.1, 0.15) is 18.4 Å². The average Bonchev–Trinajstić information content (AvgIpc) is 2.77. The van der Waals surface area contributed by atoms with Crippen LogP contribution in [-0.4, -0.2) is 29.4 Å². The number of hydrogen-bond donors (Lipinski definition) is 2. The van der Waals surface area contributed by atoms with Gasteiger partial charge in [-0.15, -0.1) is 0 Å². The lowest BCUT2D eigenvalue weighted by Gasteiger charge is -2.22. The van der Waals surface area contributed by atoms with Crippen molar-refractivity contribution in [3.05, 3.63) is 29.8 Å². The molecule has 0 aliphatic carbocycles. The van der Waals surface area contributed by atoms with E-state index in [0.29, 0.717) is 13.0 Å². The van der Waals surface area contributed by atoms with Gasteiger partial charge in [-0.3, -0.25) is 4.79 Å². The Hall–Kier alpha value is -2.04. The number of nitrogens with zero attached hydrogens (tertiary/aromatic N) is 1. The van der Waals surface area contributed by atoms with Crippen LogP contribution >= 0.6 is 0 Å². The van der Waals surface area contributed by atoms with Gasteiger partial charge in [-0.2, -0.15) is 0 Å². The SMILES string of the molecule is Cc1cccc(NC(=O)N2CCCC2C(N)=O)c1. The molecule has 0 bridgehead atoms. The molecule has 3 amide bonds. The highest BCUT2D eigenvalue weighted by atomic mass is 16.2. The number of likely N-dealkylation sites (tertiary alicyclic amines) is 1. The molecule has 1 atom stereocenters. The van der Waals surface area contributed by atoms with Crippen molar-refractivity contribution in [1.82, 2.24) is 4.90 Å². The van der Waals surface area contributed by atoms with E-state index in [9.17, 15) is 9.59 Å². The summed E-state index contributed by atoms with van der Waals surface area (Å²) in [7, 11) is 0. The molecule has 0 aromatic heterocycles. The van der Waals surface area contributed by atoms with Crippen molar-refractivity contribution in [2.75, 3.05) is 11.9 Å². The van der Waals surface area contributed by atoms with Crippen LogP contribution in [0.25, 0.3) is 0 Å². The zero-order valence-electron chi connectivity index (χ0n) is 10.3. The molecule has 5 nitrogen and oxygen atoms in total. The smallest absolute Gasteiger partial charge is 0.322 e. The predicted molar refractivity (Wildman–Crippen MR) is 69.1 cm³/mol. The number of aryl methyl sites for hydroxylation is 1. The molecule has 18 heavy (non-hydrogen) atoms. The van der Waals surface area contributed by atoms with E-state index in [1.54, 1.807) is 0 Å². The van der Waals surface area contributed by atoms with Crippen LogP contribution in [0.3, 0.4) is 0 Å². The normalized spacial score (nSPS) is 18.7. The van der Waals surface area contributed by atoms with Crippen molar-refractivity contribution in [3.63, 3.8) is 0 Å². The van der Waals surface area contributed by atoms with Gasteiger partial charge in [0.15, 0.2) is 0 Å². The Kier molecular flexibility index (Phi) is 3.50. The number of carbonyl (C=O) groups is 2. The van der Waals surface area contributed by atoms with E-state index in [2.05, 4.69) is 5.32 Å². The average molecular weight is 247 g/mol. The van der Waals surface area contributed by atoms with E-state index in [1.807, 2.05) is 31.2 Å². The molecule has 0 spiro atoms. The highest BCUT2D eigenvalue weighted by Crippen LogP contribution is 2.19. The quantitative estimate of drug-likeness (QED) is 0.830. The molecule has 96 valence electrons. The number of primary amides is 1. The number of benzene rings is 1. The number of nitrogens with one attached hydrogen (secondary N) is 1.